The highest BCUT2D eigenvalue weighted by molar-refractivity contribution is 6.04. The van der Waals surface area contributed by atoms with Gasteiger partial charge in [-0.05, 0) is 38.1 Å². The first-order valence-electron chi connectivity index (χ1n) is 7.38. The number of aromatic nitrogens is 4. The Hall–Kier alpha value is -3.22. The highest BCUT2D eigenvalue weighted by Crippen LogP contribution is 2.16. The Kier molecular flexibility index (Phi) is 4.24. The van der Waals surface area contributed by atoms with E-state index in [1.807, 2.05) is 19.9 Å². The molecule has 3 aromatic rings. The molecule has 0 saturated heterocycles. The standard InChI is InChI=1S/C17H17N5O2/c1-11-7-12(2)22(21-11)16-9-15(18-10-19-16)20-17(23)13-5-4-6-14(8-13)24-3/h4-10H,1-3H3,(H,18,19,20,23). The summed E-state index contributed by atoms with van der Waals surface area (Å²) in [6.45, 7) is 3.85. The molecule has 0 saturated carbocycles. The summed E-state index contributed by atoms with van der Waals surface area (Å²) in [6, 6.07) is 10.5. The van der Waals surface area contributed by atoms with Gasteiger partial charge < -0.3 is 10.1 Å². The Morgan fingerprint density at radius 3 is 2.71 bits per heavy atom. The minimum Gasteiger partial charge on any atom is -0.497 e. The van der Waals surface area contributed by atoms with E-state index in [1.54, 1.807) is 42.1 Å². The van der Waals surface area contributed by atoms with Crippen LogP contribution in [0.25, 0.3) is 5.82 Å². The summed E-state index contributed by atoms with van der Waals surface area (Å²) in [6.07, 6.45) is 1.40. The SMILES string of the molecule is COc1cccc(C(=O)Nc2cc(-n3nc(C)cc3C)ncn2)c1. The van der Waals surface area contributed by atoms with Crippen molar-refractivity contribution in [3.8, 4) is 11.6 Å². The minimum absolute atomic E-state index is 0.271. The van der Waals surface area contributed by atoms with E-state index in [4.69, 9.17) is 4.74 Å². The van der Waals surface area contributed by atoms with Gasteiger partial charge in [-0.2, -0.15) is 5.10 Å². The van der Waals surface area contributed by atoms with Crippen molar-refractivity contribution in [1.82, 2.24) is 19.7 Å². The molecule has 0 radical (unpaired) electrons. The number of benzene rings is 1. The molecule has 0 unspecified atom stereocenters. The summed E-state index contributed by atoms with van der Waals surface area (Å²) < 4.78 is 6.84. The van der Waals surface area contributed by atoms with Gasteiger partial charge in [0.15, 0.2) is 5.82 Å². The van der Waals surface area contributed by atoms with Crippen molar-refractivity contribution in [2.45, 2.75) is 13.8 Å². The van der Waals surface area contributed by atoms with Gasteiger partial charge in [-0.15, -0.1) is 0 Å². The van der Waals surface area contributed by atoms with E-state index in [-0.39, 0.29) is 5.91 Å². The third-order valence-corrected chi connectivity index (χ3v) is 3.45. The Morgan fingerprint density at radius 2 is 2.00 bits per heavy atom. The summed E-state index contributed by atoms with van der Waals surface area (Å²) >= 11 is 0. The lowest BCUT2D eigenvalue weighted by Crippen LogP contribution is -2.14. The van der Waals surface area contributed by atoms with Crippen LogP contribution in [0.4, 0.5) is 5.82 Å². The number of nitrogens with one attached hydrogen (secondary N) is 1. The number of carbonyl (C=O) groups excluding carboxylic acids is 1. The zero-order valence-corrected chi connectivity index (χ0v) is 13.6. The number of ether oxygens (including phenoxy) is 1. The van der Waals surface area contributed by atoms with Crippen molar-refractivity contribution in [2.24, 2.45) is 0 Å². The maximum atomic E-state index is 12.4. The first-order valence-corrected chi connectivity index (χ1v) is 7.38. The van der Waals surface area contributed by atoms with Gasteiger partial charge in [0, 0.05) is 17.3 Å². The van der Waals surface area contributed by atoms with Crippen LogP contribution in [0.5, 0.6) is 5.75 Å². The predicted octanol–water partition coefficient (Wildman–Crippen LogP) is 2.54. The second-order valence-electron chi connectivity index (χ2n) is 5.29. The lowest BCUT2D eigenvalue weighted by molar-refractivity contribution is 0.102. The van der Waals surface area contributed by atoms with Gasteiger partial charge >= 0.3 is 0 Å². The Labute approximate surface area is 139 Å². The van der Waals surface area contributed by atoms with Gasteiger partial charge in [0.1, 0.15) is 17.9 Å². The van der Waals surface area contributed by atoms with Crippen molar-refractivity contribution in [1.29, 1.82) is 0 Å². The molecule has 1 N–H and O–H groups in total. The quantitative estimate of drug-likeness (QED) is 0.798. The molecule has 2 heterocycles. The molecule has 0 fully saturated rings. The average Bonchev–Trinajstić information content (AvgIpc) is 2.93. The van der Waals surface area contributed by atoms with Gasteiger partial charge in [-0.3, -0.25) is 4.79 Å². The van der Waals surface area contributed by atoms with Crippen molar-refractivity contribution in [3.05, 3.63) is 59.7 Å². The van der Waals surface area contributed by atoms with E-state index in [0.717, 1.165) is 11.4 Å². The molecule has 7 nitrogen and oxygen atoms in total. The van der Waals surface area contributed by atoms with E-state index in [1.165, 1.54) is 6.33 Å². The van der Waals surface area contributed by atoms with Gasteiger partial charge in [0.25, 0.3) is 5.91 Å². The van der Waals surface area contributed by atoms with Crippen LogP contribution in [0.1, 0.15) is 21.7 Å². The lowest BCUT2D eigenvalue weighted by Gasteiger charge is -2.08. The minimum atomic E-state index is -0.271. The normalized spacial score (nSPS) is 10.5. The maximum Gasteiger partial charge on any atom is 0.256 e. The van der Waals surface area contributed by atoms with E-state index >= 15 is 0 Å². The first-order chi connectivity index (χ1) is 11.6. The fourth-order valence-electron chi connectivity index (χ4n) is 2.34. The molecule has 1 amide bonds. The molecule has 0 aliphatic rings. The van der Waals surface area contributed by atoms with Gasteiger partial charge in [-0.25, -0.2) is 14.6 Å². The summed E-state index contributed by atoms with van der Waals surface area (Å²) in [4.78, 5) is 20.7. The Bertz CT molecular complexity index is 888. The number of aryl methyl sites for hydroxylation is 2. The number of methoxy groups -OCH3 is 1. The first kappa shape index (κ1) is 15.7. The molecule has 1 aromatic carbocycles. The van der Waals surface area contributed by atoms with Crippen LogP contribution in [0.2, 0.25) is 0 Å². The molecule has 0 aliphatic carbocycles. The van der Waals surface area contributed by atoms with E-state index in [2.05, 4.69) is 20.4 Å². The van der Waals surface area contributed by atoms with Crippen LogP contribution in [-0.2, 0) is 0 Å². The van der Waals surface area contributed by atoms with Crippen molar-refractivity contribution in [3.63, 3.8) is 0 Å². The number of nitrogens with zero attached hydrogens (tertiary/aromatic N) is 4. The second kappa shape index (κ2) is 6.49. The van der Waals surface area contributed by atoms with Crippen LogP contribution < -0.4 is 10.1 Å². The largest absolute Gasteiger partial charge is 0.497 e. The number of rotatable bonds is 4. The van der Waals surface area contributed by atoms with Gasteiger partial charge in [0.05, 0.1) is 12.8 Å². The van der Waals surface area contributed by atoms with Crippen molar-refractivity contribution >= 4 is 11.7 Å². The lowest BCUT2D eigenvalue weighted by atomic mass is 10.2. The molecular weight excluding hydrogens is 306 g/mol. The van der Waals surface area contributed by atoms with Crippen molar-refractivity contribution < 1.29 is 9.53 Å². The topological polar surface area (TPSA) is 81.9 Å². The van der Waals surface area contributed by atoms with Gasteiger partial charge in [0.2, 0.25) is 0 Å². The van der Waals surface area contributed by atoms with E-state index in [0.29, 0.717) is 22.9 Å². The molecule has 2 aromatic heterocycles. The Morgan fingerprint density at radius 1 is 1.17 bits per heavy atom. The average molecular weight is 323 g/mol. The molecule has 3 rings (SSSR count). The maximum absolute atomic E-state index is 12.4. The monoisotopic (exact) mass is 323 g/mol. The molecule has 0 spiro atoms. The van der Waals surface area contributed by atoms with E-state index in [9.17, 15) is 4.79 Å². The summed E-state index contributed by atoms with van der Waals surface area (Å²) in [7, 11) is 1.56. The molecular formula is C17H17N5O2. The van der Waals surface area contributed by atoms with Crippen LogP contribution >= 0.6 is 0 Å². The molecule has 0 aliphatic heterocycles. The fourth-order valence-corrected chi connectivity index (χ4v) is 2.34. The van der Waals surface area contributed by atoms with Crippen LogP contribution in [0.3, 0.4) is 0 Å². The number of hydrogen-bond acceptors (Lipinski definition) is 5. The van der Waals surface area contributed by atoms with Gasteiger partial charge in [-0.1, -0.05) is 6.07 Å². The smallest absolute Gasteiger partial charge is 0.256 e. The fraction of sp³-hybridized carbons (Fsp3) is 0.176. The second-order valence-corrected chi connectivity index (χ2v) is 5.29. The zero-order valence-electron chi connectivity index (χ0n) is 13.6. The summed E-state index contributed by atoms with van der Waals surface area (Å²) in [5, 5.41) is 7.14. The van der Waals surface area contributed by atoms with E-state index < -0.39 is 0 Å². The third kappa shape index (κ3) is 3.24. The third-order valence-electron chi connectivity index (χ3n) is 3.45. The zero-order chi connectivity index (χ0) is 17.1. The number of carbonyl (C=O) groups is 1. The highest BCUT2D eigenvalue weighted by atomic mass is 16.5. The Balaban J connectivity index is 1.84. The number of hydrogen-bond donors (Lipinski definition) is 1. The molecule has 7 heteroatoms. The molecule has 122 valence electrons. The molecule has 0 atom stereocenters. The van der Waals surface area contributed by atoms with Crippen LogP contribution in [-0.4, -0.2) is 32.8 Å². The van der Waals surface area contributed by atoms with Crippen molar-refractivity contribution in [2.75, 3.05) is 12.4 Å². The van der Waals surface area contributed by atoms with Crippen LogP contribution in [0, 0.1) is 13.8 Å². The molecule has 0 bridgehead atoms. The molecule has 24 heavy (non-hydrogen) atoms. The number of anilines is 1. The predicted molar refractivity (Wildman–Crippen MR) is 89.6 cm³/mol. The summed E-state index contributed by atoms with van der Waals surface area (Å²) in [5.74, 6) is 1.34. The summed E-state index contributed by atoms with van der Waals surface area (Å²) in [5.41, 5.74) is 2.34. The highest BCUT2D eigenvalue weighted by Gasteiger charge is 2.10. The number of amides is 1. The van der Waals surface area contributed by atoms with Crippen LogP contribution in [0.15, 0.2) is 42.7 Å².